The number of rotatable bonds is 4. The number of carbonyl (C=O) groups is 1. The highest BCUT2D eigenvalue weighted by molar-refractivity contribution is 5.85. The monoisotopic (exact) mass is 367 g/mol. The Morgan fingerprint density at radius 1 is 1.13 bits per heavy atom. The minimum Gasteiger partial charge on any atom is -0.383 e. The van der Waals surface area contributed by atoms with Crippen molar-refractivity contribution in [3.8, 4) is 0 Å². The van der Waals surface area contributed by atoms with Crippen LogP contribution in [-0.4, -0.2) is 74.2 Å². The zero-order valence-electron chi connectivity index (χ0n) is 14.0. The van der Waals surface area contributed by atoms with Crippen molar-refractivity contribution in [3.63, 3.8) is 0 Å². The normalized spacial score (nSPS) is 31.0. The molecule has 0 bridgehead atoms. The Morgan fingerprint density at radius 2 is 1.83 bits per heavy atom. The largest absolute Gasteiger partial charge is 0.383 e. The van der Waals surface area contributed by atoms with Gasteiger partial charge in [0, 0.05) is 45.9 Å². The number of piperazine rings is 1. The highest BCUT2D eigenvalue weighted by Gasteiger charge is 2.40. The molecule has 136 valence electrons. The second-order valence-corrected chi connectivity index (χ2v) is 6.77. The molecule has 3 fully saturated rings. The summed E-state index contributed by atoms with van der Waals surface area (Å²) < 4.78 is 5.12. The minimum atomic E-state index is 0. The van der Waals surface area contributed by atoms with E-state index in [1.807, 2.05) is 0 Å². The van der Waals surface area contributed by atoms with Crippen molar-refractivity contribution in [2.24, 2.45) is 5.92 Å². The predicted octanol–water partition coefficient (Wildman–Crippen LogP) is 1.54. The van der Waals surface area contributed by atoms with Crippen molar-refractivity contribution >= 4 is 30.7 Å². The number of methoxy groups -OCH3 is 1. The Morgan fingerprint density at radius 3 is 2.48 bits per heavy atom. The summed E-state index contributed by atoms with van der Waals surface area (Å²) in [5.74, 6) is 1.09. The predicted molar refractivity (Wildman–Crippen MR) is 96.7 cm³/mol. The van der Waals surface area contributed by atoms with Gasteiger partial charge in [-0.25, -0.2) is 0 Å². The zero-order valence-corrected chi connectivity index (χ0v) is 15.7. The van der Waals surface area contributed by atoms with Crippen molar-refractivity contribution in [1.82, 2.24) is 15.1 Å². The van der Waals surface area contributed by atoms with Gasteiger partial charge < -0.3 is 15.0 Å². The molecule has 0 radical (unpaired) electrons. The summed E-state index contributed by atoms with van der Waals surface area (Å²) in [5.41, 5.74) is 0. The van der Waals surface area contributed by atoms with Crippen LogP contribution < -0.4 is 5.32 Å². The van der Waals surface area contributed by atoms with Crippen molar-refractivity contribution in [2.75, 3.05) is 46.4 Å². The van der Waals surface area contributed by atoms with E-state index in [1.54, 1.807) is 7.11 Å². The van der Waals surface area contributed by atoms with Crippen molar-refractivity contribution in [2.45, 2.75) is 44.2 Å². The second-order valence-electron chi connectivity index (χ2n) is 6.77. The molecule has 3 rings (SSSR count). The summed E-state index contributed by atoms with van der Waals surface area (Å²) in [6.45, 7) is 5.46. The first-order valence-corrected chi connectivity index (χ1v) is 8.54. The van der Waals surface area contributed by atoms with E-state index in [2.05, 4.69) is 15.1 Å². The van der Waals surface area contributed by atoms with Gasteiger partial charge in [-0.05, 0) is 25.2 Å². The Bertz CT molecular complexity index is 351. The molecular weight excluding hydrogens is 337 g/mol. The average molecular weight is 368 g/mol. The lowest BCUT2D eigenvalue weighted by molar-refractivity contribution is -0.135. The van der Waals surface area contributed by atoms with Crippen molar-refractivity contribution in [3.05, 3.63) is 0 Å². The van der Waals surface area contributed by atoms with Crippen LogP contribution in [0.5, 0.6) is 0 Å². The summed E-state index contributed by atoms with van der Waals surface area (Å²) in [7, 11) is 1.74. The smallest absolute Gasteiger partial charge is 0.239 e. The van der Waals surface area contributed by atoms with Crippen LogP contribution in [0.15, 0.2) is 0 Å². The van der Waals surface area contributed by atoms with E-state index in [9.17, 15) is 4.79 Å². The molecule has 1 saturated carbocycles. The van der Waals surface area contributed by atoms with E-state index in [0.717, 1.165) is 51.7 Å². The van der Waals surface area contributed by atoms with E-state index in [0.29, 0.717) is 11.9 Å². The van der Waals surface area contributed by atoms with Crippen LogP contribution in [0.1, 0.15) is 32.1 Å². The van der Waals surface area contributed by atoms with E-state index >= 15 is 0 Å². The van der Waals surface area contributed by atoms with Crippen LogP contribution in [0.2, 0.25) is 0 Å². The molecule has 3 atom stereocenters. The lowest BCUT2D eigenvalue weighted by Gasteiger charge is -2.35. The van der Waals surface area contributed by atoms with Gasteiger partial charge in [0.15, 0.2) is 0 Å². The third kappa shape index (κ3) is 5.20. The number of fused-ring (bicyclic) bond motifs is 1. The summed E-state index contributed by atoms with van der Waals surface area (Å²) >= 11 is 0. The minimum absolute atomic E-state index is 0. The first kappa shape index (κ1) is 21.0. The molecule has 3 aliphatic rings. The third-order valence-electron chi connectivity index (χ3n) is 5.46. The van der Waals surface area contributed by atoms with Crippen molar-refractivity contribution in [1.29, 1.82) is 0 Å². The number of hydrogen-bond acceptors (Lipinski definition) is 4. The zero-order chi connectivity index (χ0) is 14.7. The molecule has 1 aliphatic carbocycles. The van der Waals surface area contributed by atoms with E-state index < -0.39 is 0 Å². The lowest BCUT2D eigenvalue weighted by Crippen LogP contribution is -2.53. The van der Waals surface area contributed by atoms with Gasteiger partial charge in [-0.1, -0.05) is 12.8 Å². The molecule has 0 aromatic rings. The fourth-order valence-corrected chi connectivity index (χ4v) is 4.14. The highest BCUT2D eigenvalue weighted by Crippen LogP contribution is 2.33. The van der Waals surface area contributed by atoms with Gasteiger partial charge in [-0.2, -0.15) is 0 Å². The molecule has 1 amide bonds. The Hall–Kier alpha value is -0.0700. The van der Waals surface area contributed by atoms with E-state index in [4.69, 9.17) is 4.74 Å². The topological polar surface area (TPSA) is 44.8 Å². The molecule has 0 aromatic heterocycles. The Balaban J connectivity index is 0.00000132. The maximum absolute atomic E-state index is 12.7. The molecule has 23 heavy (non-hydrogen) atoms. The fourth-order valence-electron chi connectivity index (χ4n) is 4.14. The maximum atomic E-state index is 12.7. The number of halogens is 2. The van der Waals surface area contributed by atoms with Crippen LogP contribution in [0, 0.1) is 5.92 Å². The molecular formula is C16H31Cl2N3O2. The van der Waals surface area contributed by atoms with Crippen LogP contribution in [0.25, 0.3) is 0 Å². The number of carbonyl (C=O) groups excluding carboxylic acids is 1. The molecule has 1 N–H and O–H groups in total. The number of hydrogen-bond donors (Lipinski definition) is 1. The van der Waals surface area contributed by atoms with Gasteiger partial charge >= 0.3 is 0 Å². The van der Waals surface area contributed by atoms with Gasteiger partial charge in [0.1, 0.15) is 0 Å². The fraction of sp³-hybridized carbons (Fsp3) is 0.938. The summed E-state index contributed by atoms with van der Waals surface area (Å²) in [6, 6.07) is 0.694. The third-order valence-corrected chi connectivity index (χ3v) is 5.46. The van der Waals surface area contributed by atoms with Gasteiger partial charge in [0.05, 0.1) is 12.6 Å². The van der Waals surface area contributed by atoms with Gasteiger partial charge in [0.25, 0.3) is 0 Å². The standard InChI is InChI=1S/C16H29N3O2.2ClH/c1-21-11-10-18-6-8-19(9-7-18)16(20)15-12-13-4-2-3-5-14(13)17-15;;/h13-15,17H,2-12H2,1H3;2*1H. The lowest BCUT2D eigenvalue weighted by atomic mass is 9.85. The molecule has 7 heteroatoms. The molecule has 2 saturated heterocycles. The second kappa shape index (κ2) is 10.0. The number of amides is 1. The highest BCUT2D eigenvalue weighted by atomic mass is 35.5. The van der Waals surface area contributed by atoms with Crippen LogP contribution in [-0.2, 0) is 9.53 Å². The molecule has 0 aromatic carbocycles. The molecule has 2 aliphatic heterocycles. The van der Waals surface area contributed by atoms with Gasteiger partial charge in [-0.3, -0.25) is 9.69 Å². The summed E-state index contributed by atoms with van der Waals surface area (Å²) in [6.07, 6.45) is 6.31. The maximum Gasteiger partial charge on any atom is 0.239 e. The number of nitrogens with zero attached hydrogens (tertiary/aromatic N) is 2. The van der Waals surface area contributed by atoms with E-state index in [1.165, 1.54) is 25.7 Å². The molecule has 5 nitrogen and oxygen atoms in total. The summed E-state index contributed by atoms with van der Waals surface area (Å²) in [5, 5.41) is 3.61. The van der Waals surface area contributed by atoms with Crippen molar-refractivity contribution < 1.29 is 9.53 Å². The quantitative estimate of drug-likeness (QED) is 0.818. The Labute approximate surface area is 152 Å². The SMILES string of the molecule is COCCN1CCN(C(=O)C2CC3CCCCC3N2)CC1.Cl.Cl. The van der Waals surface area contributed by atoms with Crippen LogP contribution >= 0.6 is 24.8 Å². The number of nitrogens with one attached hydrogen (secondary N) is 1. The van der Waals surface area contributed by atoms with E-state index in [-0.39, 0.29) is 30.9 Å². The molecule has 0 spiro atoms. The van der Waals surface area contributed by atoms with Crippen LogP contribution in [0.4, 0.5) is 0 Å². The average Bonchev–Trinajstić information content (AvgIpc) is 2.96. The van der Waals surface area contributed by atoms with Gasteiger partial charge in [0.2, 0.25) is 5.91 Å². The first-order chi connectivity index (χ1) is 10.3. The number of ether oxygens (including phenoxy) is 1. The first-order valence-electron chi connectivity index (χ1n) is 8.54. The Kier molecular flexibility index (Phi) is 9.16. The molecule has 2 heterocycles. The van der Waals surface area contributed by atoms with Crippen LogP contribution in [0.3, 0.4) is 0 Å². The van der Waals surface area contributed by atoms with Gasteiger partial charge in [-0.15, -0.1) is 24.8 Å². The summed E-state index contributed by atoms with van der Waals surface area (Å²) in [4.78, 5) is 17.1. The molecule has 3 unspecified atom stereocenters.